The first-order valence-electron chi connectivity index (χ1n) is 7.12. The first-order chi connectivity index (χ1) is 8.13. The van der Waals surface area contributed by atoms with Gasteiger partial charge in [0.15, 0.2) is 5.78 Å². The molecule has 0 bridgehead atoms. The second-order valence-corrected chi connectivity index (χ2v) is 7.28. The van der Waals surface area contributed by atoms with Crippen molar-refractivity contribution in [2.45, 2.75) is 65.2 Å². The Balaban J connectivity index is 2.11. The summed E-state index contributed by atoms with van der Waals surface area (Å²) in [5.74, 6) is 1.01. The van der Waals surface area contributed by atoms with Crippen molar-refractivity contribution in [1.29, 1.82) is 0 Å². The maximum Gasteiger partial charge on any atom is 0.171 e. The predicted octanol–water partition coefficient (Wildman–Crippen LogP) is 2.49. The molecule has 0 radical (unpaired) electrons. The van der Waals surface area contributed by atoms with Crippen LogP contribution >= 0.6 is 0 Å². The van der Waals surface area contributed by atoms with Gasteiger partial charge in [0.1, 0.15) is 5.60 Å². The van der Waals surface area contributed by atoms with Crippen molar-refractivity contribution in [2.75, 3.05) is 13.1 Å². The van der Waals surface area contributed by atoms with Crippen LogP contribution in [-0.4, -0.2) is 41.0 Å². The zero-order valence-corrected chi connectivity index (χ0v) is 12.6. The smallest absolute Gasteiger partial charge is 0.171 e. The van der Waals surface area contributed by atoms with Crippen LogP contribution in [0, 0.1) is 11.8 Å². The van der Waals surface area contributed by atoms with E-state index in [4.69, 9.17) is 4.74 Å². The van der Waals surface area contributed by atoms with Crippen LogP contribution in [0.25, 0.3) is 0 Å². The third kappa shape index (κ3) is 2.35. The fourth-order valence-corrected chi connectivity index (χ4v) is 3.69. The Labute approximate surface area is 111 Å². The number of Topliss-reactive ketones (excluding diaryl/α,β-unsaturated/α-hetero) is 1. The minimum Gasteiger partial charge on any atom is -0.361 e. The van der Waals surface area contributed by atoms with E-state index in [1.54, 1.807) is 0 Å². The van der Waals surface area contributed by atoms with Crippen molar-refractivity contribution in [1.82, 2.24) is 4.90 Å². The number of carbonyl (C=O) groups excluding carboxylic acids is 1. The average Bonchev–Trinajstić information content (AvgIpc) is 2.57. The summed E-state index contributed by atoms with van der Waals surface area (Å²) in [5, 5.41) is 0. The van der Waals surface area contributed by atoms with Crippen molar-refractivity contribution in [2.24, 2.45) is 11.8 Å². The normalized spacial score (nSPS) is 39.4. The molecule has 2 aliphatic heterocycles. The molecule has 3 heteroatoms. The van der Waals surface area contributed by atoms with E-state index in [9.17, 15) is 4.79 Å². The minimum absolute atomic E-state index is 0.000231. The molecule has 0 aromatic carbocycles. The van der Waals surface area contributed by atoms with Gasteiger partial charge in [0.2, 0.25) is 0 Å². The van der Waals surface area contributed by atoms with Gasteiger partial charge in [0.05, 0.1) is 11.5 Å². The third-order valence-corrected chi connectivity index (χ3v) is 4.60. The molecule has 0 aromatic heterocycles. The fourth-order valence-electron chi connectivity index (χ4n) is 3.69. The first kappa shape index (κ1) is 14.0. The monoisotopic (exact) mass is 253 g/mol. The summed E-state index contributed by atoms with van der Waals surface area (Å²) in [4.78, 5) is 14.9. The molecule has 0 aromatic rings. The van der Waals surface area contributed by atoms with Crippen LogP contribution in [0.5, 0.6) is 0 Å². The fraction of sp³-hybridized carbons (Fsp3) is 0.933. The number of hydrogen-bond acceptors (Lipinski definition) is 3. The molecule has 0 N–H and O–H groups in total. The molecular weight excluding hydrogens is 226 g/mol. The number of carbonyl (C=O) groups is 1. The van der Waals surface area contributed by atoms with Gasteiger partial charge in [-0.05, 0) is 47.0 Å². The Bertz CT molecular complexity index is 348. The Morgan fingerprint density at radius 2 is 1.89 bits per heavy atom. The summed E-state index contributed by atoms with van der Waals surface area (Å²) in [6.45, 7) is 14.4. The molecule has 2 heterocycles. The van der Waals surface area contributed by atoms with Gasteiger partial charge in [-0.3, -0.25) is 9.69 Å². The molecule has 2 rings (SSSR count). The molecule has 0 aliphatic carbocycles. The zero-order valence-electron chi connectivity index (χ0n) is 12.6. The maximum atomic E-state index is 12.5. The van der Waals surface area contributed by atoms with E-state index in [1.807, 2.05) is 13.8 Å². The Morgan fingerprint density at radius 3 is 2.28 bits per heavy atom. The maximum absolute atomic E-state index is 12.5. The number of nitrogens with zero attached hydrogens (tertiary/aromatic N) is 1. The lowest BCUT2D eigenvalue weighted by Crippen LogP contribution is -2.42. The lowest BCUT2D eigenvalue weighted by molar-refractivity contribution is -0.132. The number of ketones is 1. The lowest BCUT2D eigenvalue weighted by atomic mass is 9.85. The molecule has 0 amide bonds. The highest BCUT2D eigenvalue weighted by Crippen LogP contribution is 2.40. The highest BCUT2D eigenvalue weighted by atomic mass is 16.5. The number of rotatable bonds is 2. The van der Waals surface area contributed by atoms with Crippen molar-refractivity contribution >= 4 is 5.78 Å². The van der Waals surface area contributed by atoms with E-state index in [0.29, 0.717) is 6.04 Å². The molecule has 104 valence electrons. The summed E-state index contributed by atoms with van der Waals surface area (Å²) in [6, 6.07) is 0.590. The molecule has 2 saturated heterocycles. The van der Waals surface area contributed by atoms with Gasteiger partial charge in [-0.15, -0.1) is 0 Å². The molecule has 2 aliphatic rings. The summed E-state index contributed by atoms with van der Waals surface area (Å²) in [6.07, 6.45) is 1.24. The second-order valence-electron chi connectivity index (χ2n) is 7.28. The van der Waals surface area contributed by atoms with E-state index in [0.717, 1.165) is 19.0 Å². The van der Waals surface area contributed by atoms with Gasteiger partial charge in [-0.1, -0.05) is 6.92 Å². The van der Waals surface area contributed by atoms with Crippen LogP contribution < -0.4 is 0 Å². The molecule has 0 saturated carbocycles. The molecule has 3 unspecified atom stereocenters. The summed E-state index contributed by atoms with van der Waals surface area (Å²) in [7, 11) is 0. The Morgan fingerprint density at radius 1 is 1.28 bits per heavy atom. The molecule has 2 fully saturated rings. The van der Waals surface area contributed by atoms with E-state index >= 15 is 0 Å². The van der Waals surface area contributed by atoms with E-state index in [-0.39, 0.29) is 17.3 Å². The second kappa shape index (κ2) is 4.31. The van der Waals surface area contributed by atoms with E-state index < -0.39 is 5.60 Å². The third-order valence-electron chi connectivity index (χ3n) is 4.60. The van der Waals surface area contributed by atoms with Crippen molar-refractivity contribution in [3.05, 3.63) is 0 Å². The Kier molecular flexibility index (Phi) is 3.35. The van der Waals surface area contributed by atoms with Crippen LogP contribution in [0.4, 0.5) is 0 Å². The molecule has 3 nitrogen and oxygen atoms in total. The van der Waals surface area contributed by atoms with Crippen molar-refractivity contribution in [3.63, 3.8) is 0 Å². The summed E-state index contributed by atoms with van der Waals surface area (Å²) < 4.78 is 5.96. The minimum atomic E-state index is -0.622. The molecule has 18 heavy (non-hydrogen) atoms. The van der Waals surface area contributed by atoms with Crippen LogP contribution in [-0.2, 0) is 9.53 Å². The standard InChI is InChI=1S/C15H27NO2/c1-10-7-11(2)16(8-10)9-12-13(17)15(5,6)18-14(12,3)4/h10-12H,7-9H2,1-6H3. The van der Waals surface area contributed by atoms with Gasteiger partial charge >= 0.3 is 0 Å². The SMILES string of the molecule is CC1CC(C)N(CC2C(=O)C(C)(C)OC2(C)C)C1. The van der Waals surface area contributed by atoms with Crippen molar-refractivity contribution in [3.8, 4) is 0 Å². The van der Waals surface area contributed by atoms with E-state index in [1.165, 1.54) is 6.42 Å². The average molecular weight is 253 g/mol. The van der Waals surface area contributed by atoms with Gasteiger partial charge in [0, 0.05) is 19.1 Å². The summed E-state index contributed by atoms with van der Waals surface area (Å²) >= 11 is 0. The number of hydrogen-bond donors (Lipinski definition) is 0. The highest BCUT2D eigenvalue weighted by Gasteiger charge is 2.53. The van der Waals surface area contributed by atoms with Crippen LogP contribution in [0.3, 0.4) is 0 Å². The zero-order chi connectivity index (χ0) is 13.7. The van der Waals surface area contributed by atoms with Gasteiger partial charge < -0.3 is 4.74 Å². The Hall–Kier alpha value is -0.410. The largest absolute Gasteiger partial charge is 0.361 e. The number of likely N-dealkylation sites (tertiary alicyclic amines) is 1. The molecular formula is C15H27NO2. The highest BCUT2D eigenvalue weighted by molar-refractivity contribution is 5.91. The lowest BCUT2D eigenvalue weighted by Gasteiger charge is -2.30. The quantitative estimate of drug-likeness (QED) is 0.757. The van der Waals surface area contributed by atoms with Gasteiger partial charge in [0.25, 0.3) is 0 Å². The number of ether oxygens (including phenoxy) is 1. The van der Waals surface area contributed by atoms with Gasteiger partial charge in [-0.25, -0.2) is 0 Å². The topological polar surface area (TPSA) is 29.5 Å². The summed E-state index contributed by atoms with van der Waals surface area (Å²) in [5.41, 5.74) is -0.963. The first-order valence-corrected chi connectivity index (χ1v) is 7.12. The van der Waals surface area contributed by atoms with Crippen LogP contribution in [0.2, 0.25) is 0 Å². The van der Waals surface area contributed by atoms with Crippen LogP contribution in [0.1, 0.15) is 48.0 Å². The molecule has 0 spiro atoms. The van der Waals surface area contributed by atoms with Crippen LogP contribution in [0.15, 0.2) is 0 Å². The van der Waals surface area contributed by atoms with E-state index in [2.05, 4.69) is 32.6 Å². The van der Waals surface area contributed by atoms with Gasteiger partial charge in [-0.2, -0.15) is 0 Å². The predicted molar refractivity (Wildman–Crippen MR) is 72.6 cm³/mol. The molecule has 3 atom stereocenters. The van der Waals surface area contributed by atoms with Crippen molar-refractivity contribution < 1.29 is 9.53 Å².